The molecule has 15 heavy (non-hydrogen) atoms. The quantitative estimate of drug-likeness (QED) is 0.739. The van der Waals surface area contributed by atoms with E-state index in [2.05, 4.69) is 0 Å². The molecule has 0 saturated carbocycles. The Hall–Kier alpha value is -1.55. The molecule has 1 unspecified atom stereocenters. The topological polar surface area (TPSA) is 66.8 Å². The summed E-state index contributed by atoms with van der Waals surface area (Å²) in [6, 6.07) is 9.16. The van der Waals surface area contributed by atoms with E-state index in [1.165, 1.54) is 0 Å². The first-order chi connectivity index (χ1) is 7.24. The van der Waals surface area contributed by atoms with Gasteiger partial charge < -0.3 is 14.9 Å². The van der Waals surface area contributed by atoms with Crippen LogP contribution >= 0.6 is 0 Å². The Morgan fingerprint density at radius 2 is 2.00 bits per heavy atom. The van der Waals surface area contributed by atoms with Crippen molar-refractivity contribution in [3.8, 4) is 5.75 Å². The minimum Gasteiger partial charge on any atom is -0.494 e. The second kappa shape index (κ2) is 6.03. The lowest BCUT2D eigenvalue weighted by Gasteiger charge is -2.10. The summed E-state index contributed by atoms with van der Waals surface area (Å²) in [4.78, 5) is 10.6. The summed E-state index contributed by atoms with van der Waals surface area (Å²) < 4.78 is 5.31. The molecule has 0 amide bonds. The second-order valence-electron chi connectivity index (χ2n) is 3.17. The monoisotopic (exact) mass is 210 g/mol. The number of carboxylic acid groups (broad SMARTS) is 1. The Labute approximate surface area is 88.1 Å². The zero-order chi connectivity index (χ0) is 11.1. The zero-order valence-corrected chi connectivity index (χ0v) is 8.30. The van der Waals surface area contributed by atoms with Crippen molar-refractivity contribution in [3.05, 3.63) is 30.3 Å². The van der Waals surface area contributed by atoms with Crippen LogP contribution in [0.1, 0.15) is 6.42 Å². The third kappa shape index (κ3) is 3.99. The van der Waals surface area contributed by atoms with Gasteiger partial charge in [0.1, 0.15) is 5.75 Å². The average molecular weight is 210 g/mol. The second-order valence-corrected chi connectivity index (χ2v) is 3.17. The Kier molecular flexibility index (Phi) is 4.63. The maximum Gasteiger partial charge on any atom is 0.308 e. The molecule has 1 rings (SSSR count). The fourth-order valence-corrected chi connectivity index (χ4v) is 1.13. The molecule has 0 radical (unpaired) electrons. The van der Waals surface area contributed by atoms with Gasteiger partial charge in [0.25, 0.3) is 0 Å². The number of carboxylic acids is 1. The summed E-state index contributed by atoms with van der Waals surface area (Å²) in [5, 5.41) is 17.4. The van der Waals surface area contributed by atoms with Crippen molar-refractivity contribution >= 4 is 5.97 Å². The number of benzene rings is 1. The van der Waals surface area contributed by atoms with E-state index in [-0.39, 0.29) is 6.61 Å². The van der Waals surface area contributed by atoms with Crippen LogP contribution in [0.2, 0.25) is 0 Å². The number of hydrogen-bond donors (Lipinski definition) is 2. The van der Waals surface area contributed by atoms with Gasteiger partial charge in [0.2, 0.25) is 0 Å². The van der Waals surface area contributed by atoms with Gasteiger partial charge in [-0.05, 0) is 18.6 Å². The largest absolute Gasteiger partial charge is 0.494 e. The van der Waals surface area contributed by atoms with E-state index in [4.69, 9.17) is 14.9 Å². The molecule has 0 bridgehead atoms. The first kappa shape index (κ1) is 11.5. The number of ether oxygens (including phenoxy) is 1. The molecule has 4 nitrogen and oxygen atoms in total. The minimum atomic E-state index is -0.992. The number of para-hydroxylation sites is 1. The van der Waals surface area contributed by atoms with Crippen LogP contribution in [0.3, 0.4) is 0 Å². The first-order valence-corrected chi connectivity index (χ1v) is 4.75. The maximum atomic E-state index is 10.6. The molecule has 82 valence electrons. The van der Waals surface area contributed by atoms with Crippen LogP contribution in [-0.4, -0.2) is 29.4 Å². The molecule has 0 aromatic heterocycles. The molecular formula is C11H14O4. The van der Waals surface area contributed by atoms with E-state index < -0.39 is 11.9 Å². The van der Waals surface area contributed by atoms with Crippen LogP contribution in [0.4, 0.5) is 0 Å². The van der Waals surface area contributed by atoms with Crippen molar-refractivity contribution in [1.82, 2.24) is 0 Å². The van der Waals surface area contributed by atoms with Crippen LogP contribution in [0.5, 0.6) is 5.75 Å². The predicted molar refractivity (Wildman–Crippen MR) is 54.8 cm³/mol. The molecule has 0 aliphatic carbocycles. The number of aliphatic hydroxyl groups is 1. The molecule has 1 aromatic rings. The molecule has 4 heteroatoms. The highest BCUT2D eigenvalue weighted by Crippen LogP contribution is 2.10. The lowest BCUT2D eigenvalue weighted by atomic mass is 10.1. The fraction of sp³-hybridized carbons (Fsp3) is 0.364. The van der Waals surface area contributed by atoms with Crippen molar-refractivity contribution in [2.75, 3.05) is 13.2 Å². The third-order valence-electron chi connectivity index (χ3n) is 2.05. The summed E-state index contributed by atoms with van der Waals surface area (Å²) in [5.74, 6) is -1.03. The van der Waals surface area contributed by atoms with E-state index in [0.717, 1.165) is 0 Å². The highest BCUT2D eigenvalue weighted by molar-refractivity contribution is 5.70. The van der Waals surface area contributed by atoms with E-state index in [1.807, 2.05) is 18.2 Å². The number of rotatable bonds is 6. The Morgan fingerprint density at radius 3 is 2.53 bits per heavy atom. The highest BCUT2D eigenvalue weighted by atomic mass is 16.5. The lowest BCUT2D eigenvalue weighted by Crippen LogP contribution is -2.20. The average Bonchev–Trinajstić information content (AvgIpc) is 2.25. The summed E-state index contributed by atoms with van der Waals surface area (Å²) in [6.45, 7) is -0.0605. The Bertz CT molecular complexity index is 297. The van der Waals surface area contributed by atoms with E-state index in [0.29, 0.717) is 18.8 Å². The van der Waals surface area contributed by atoms with Gasteiger partial charge >= 0.3 is 5.97 Å². The van der Waals surface area contributed by atoms with Crippen LogP contribution in [0.15, 0.2) is 30.3 Å². The minimum absolute atomic E-state index is 0.293. The highest BCUT2D eigenvalue weighted by Gasteiger charge is 2.15. The van der Waals surface area contributed by atoms with Crippen LogP contribution < -0.4 is 4.74 Å². The number of aliphatic hydroxyl groups excluding tert-OH is 1. The van der Waals surface area contributed by atoms with Gasteiger partial charge in [-0.1, -0.05) is 18.2 Å². The van der Waals surface area contributed by atoms with E-state index >= 15 is 0 Å². The molecule has 0 heterocycles. The van der Waals surface area contributed by atoms with Gasteiger partial charge in [-0.15, -0.1) is 0 Å². The molecule has 2 N–H and O–H groups in total. The summed E-state index contributed by atoms with van der Waals surface area (Å²) in [6.07, 6.45) is 0.306. The van der Waals surface area contributed by atoms with Gasteiger partial charge in [0, 0.05) is 0 Å². The zero-order valence-electron chi connectivity index (χ0n) is 8.30. The van der Waals surface area contributed by atoms with Crippen molar-refractivity contribution in [3.63, 3.8) is 0 Å². The van der Waals surface area contributed by atoms with Crippen molar-refractivity contribution in [2.24, 2.45) is 5.92 Å². The molecule has 0 aliphatic rings. The Balaban J connectivity index is 2.30. The van der Waals surface area contributed by atoms with Crippen LogP contribution in [0, 0.1) is 5.92 Å². The molecule has 0 fully saturated rings. The van der Waals surface area contributed by atoms with Crippen LogP contribution in [0.25, 0.3) is 0 Å². The SMILES string of the molecule is O=C(O)C(CO)CCOc1ccccc1. The van der Waals surface area contributed by atoms with Crippen LogP contribution in [-0.2, 0) is 4.79 Å². The summed E-state index contributed by atoms with van der Waals surface area (Å²) >= 11 is 0. The van der Waals surface area contributed by atoms with Crippen molar-refractivity contribution in [2.45, 2.75) is 6.42 Å². The van der Waals surface area contributed by atoms with Gasteiger partial charge in [-0.3, -0.25) is 4.79 Å². The molecule has 0 saturated heterocycles. The molecule has 0 spiro atoms. The number of carbonyl (C=O) groups is 1. The molecule has 1 atom stereocenters. The predicted octanol–water partition coefficient (Wildman–Crippen LogP) is 1.15. The summed E-state index contributed by atoms with van der Waals surface area (Å²) in [5.41, 5.74) is 0. The number of aliphatic carboxylic acids is 1. The van der Waals surface area contributed by atoms with E-state index in [9.17, 15) is 4.79 Å². The van der Waals surface area contributed by atoms with Gasteiger partial charge in [-0.2, -0.15) is 0 Å². The smallest absolute Gasteiger partial charge is 0.308 e. The van der Waals surface area contributed by atoms with Gasteiger partial charge in [0.05, 0.1) is 19.1 Å². The molecular weight excluding hydrogens is 196 g/mol. The standard InChI is InChI=1S/C11H14O4/c12-8-9(11(13)14)6-7-15-10-4-2-1-3-5-10/h1-5,9,12H,6-8H2,(H,13,14). The first-order valence-electron chi connectivity index (χ1n) is 4.75. The normalized spacial score (nSPS) is 12.1. The van der Waals surface area contributed by atoms with Crippen molar-refractivity contribution < 1.29 is 19.7 Å². The van der Waals surface area contributed by atoms with Gasteiger partial charge in [0.15, 0.2) is 0 Å². The third-order valence-corrected chi connectivity index (χ3v) is 2.05. The number of hydrogen-bond acceptors (Lipinski definition) is 3. The maximum absolute atomic E-state index is 10.6. The fourth-order valence-electron chi connectivity index (χ4n) is 1.13. The molecule has 0 aliphatic heterocycles. The lowest BCUT2D eigenvalue weighted by molar-refractivity contribution is -0.143. The summed E-state index contributed by atoms with van der Waals surface area (Å²) in [7, 11) is 0. The van der Waals surface area contributed by atoms with E-state index in [1.54, 1.807) is 12.1 Å². The molecule has 1 aromatic carbocycles. The van der Waals surface area contributed by atoms with Crippen molar-refractivity contribution in [1.29, 1.82) is 0 Å². The van der Waals surface area contributed by atoms with Gasteiger partial charge in [-0.25, -0.2) is 0 Å². The Morgan fingerprint density at radius 1 is 1.33 bits per heavy atom.